The van der Waals surface area contributed by atoms with E-state index in [1.807, 2.05) is 12.1 Å². The lowest BCUT2D eigenvalue weighted by molar-refractivity contribution is -0.110. The van der Waals surface area contributed by atoms with Crippen LogP contribution < -0.4 is 10.6 Å². The number of hydrogen-bond acceptors (Lipinski definition) is 4. The molecule has 2 aromatic carbocycles. The Bertz CT molecular complexity index is 1240. The molecule has 33 heavy (non-hydrogen) atoms. The molecule has 0 unspecified atom stereocenters. The highest BCUT2D eigenvalue weighted by atomic mass is 19.1. The minimum atomic E-state index is -0.407. The Morgan fingerprint density at radius 2 is 1.97 bits per heavy atom. The van der Waals surface area contributed by atoms with E-state index in [0.29, 0.717) is 40.5 Å². The van der Waals surface area contributed by atoms with Gasteiger partial charge in [0, 0.05) is 29.8 Å². The van der Waals surface area contributed by atoms with Crippen molar-refractivity contribution in [2.45, 2.75) is 12.8 Å². The van der Waals surface area contributed by atoms with Crippen LogP contribution in [0.5, 0.6) is 0 Å². The maximum Gasteiger partial charge on any atom is 0.256 e. The quantitative estimate of drug-likeness (QED) is 0.552. The Kier molecular flexibility index (Phi) is 5.79. The highest BCUT2D eigenvalue weighted by molar-refractivity contribution is 6.34. The molecule has 2 aliphatic rings. The molecule has 6 nitrogen and oxygen atoms in total. The maximum atomic E-state index is 13.4. The van der Waals surface area contributed by atoms with Crippen molar-refractivity contribution in [2.75, 3.05) is 31.5 Å². The largest absolute Gasteiger partial charge is 0.457 e. The molecular weight excluding hydrogens is 421 g/mol. The van der Waals surface area contributed by atoms with Gasteiger partial charge in [-0.3, -0.25) is 9.59 Å². The van der Waals surface area contributed by atoms with Gasteiger partial charge in [0.15, 0.2) is 0 Å². The van der Waals surface area contributed by atoms with Gasteiger partial charge in [0.2, 0.25) is 0 Å². The summed E-state index contributed by atoms with van der Waals surface area (Å²) in [7, 11) is 0. The third-order valence-electron chi connectivity index (χ3n) is 6.00. The number of carbonyl (C=O) groups is 2. The molecule has 0 radical (unpaired) electrons. The summed E-state index contributed by atoms with van der Waals surface area (Å²) in [6.45, 7) is 3.69. The Balaban J connectivity index is 1.30. The molecular formula is C26H24FN3O3. The second-order valence-corrected chi connectivity index (χ2v) is 8.29. The van der Waals surface area contributed by atoms with E-state index in [1.54, 1.807) is 36.4 Å². The first-order chi connectivity index (χ1) is 16.1. The molecule has 0 spiro atoms. The van der Waals surface area contributed by atoms with E-state index in [4.69, 9.17) is 4.42 Å². The Labute approximate surface area is 191 Å². The average molecular weight is 445 g/mol. The van der Waals surface area contributed by atoms with Crippen LogP contribution in [0.15, 0.2) is 59.0 Å². The zero-order chi connectivity index (χ0) is 22.8. The molecule has 2 N–H and O–H groups in total. The predicted molar refractivity (Wildman–Crippen MR) is 125 cm³/mol. The zero-order valence-corrected chi connectivity index (χ0v) is 18.1. The van der Waals surface area contributed by atoms with Crippen molar-refractivity contribution >= 4 is 29.2 Å². The van der Waals surface area contributed by atoms with Crippen molar-refractivity contribution in [2.24, 2.45) is 0 Å². The number of likely N-dealkylation sites (tertiary alicyclic amines) is 1. The van der Waals surface area contributed by atoms with Crippen LogP contribution in [0.4, 0.5) is 10.1 Å². The number of hydrogen-bond donors (Lipinski definition) is 2. The summed E-state index contributed by atoms with van der Waals surface area (Å²) in [5, 5.41) is 5.65. The second kappa shape index (κ2) is 9.03. The van der Waals surface area contributed by atoms with Crippen LogP contribution in [0, 0.1) is 5.82 Å². The molecule has 2 aliphatic heterocycles. The molecule has 3 aromatic rings. The number of rotatable bonds is 6. The van der Waals surface area contributed by atoms with Gasteiger partial charge in [-0.05, 0) is 74.5 Å². The lowest BCUT2D eigenvalue weighted by atomic mass is 10.1. The van der Waals surface area contributed by atoms with Crippen LogP contribution in [0.25, 0.3) is 23.0 Å². The summed E-state index contributed by atoms with van der Waals surface area (Å²) in [6, 6.07) is 15.0. The lowest BCUT2D eigenvalue weighted by Crippen LogP contribution is -2.33. The average Bonchev–Trinajstić information content (AvgIpc) is 3.55. The normalized spacial score (nSPS) is 16.8. The number of carbonyl (C=O) groups excluding carboxylic acids is 2. The van der Waals surface area contributed by atoms with Crippen molar-refractivity contribution in [1.29, 1.82) is 0 Å². The molecule has 5 rings (SSSR count). The molecule has 0 aliphatic carbocycles. The first kappa shape index (κ1) is 21.2. The van der Waals surface area contributed by atoms with Crippen molar-refractivity contribution in [1.82, 2.24) is 10.2 Å². The summed E-state index contributed by atoms with van der Waals surface area (Å²) in [4.78, 5) is 27.3. The third kappa shape index (κ3) is 4.59. The Morgan fingerprint density at radius 1 is 1.12 bits per heavy atom. The van der Waals surface area contributed by atoms with Crippen LogP contribution in [-0.2, 0) is 4.79 Å². The van der Waals surface area contributed by atoms with Crippen LogP contribution in [0.3, 0.4) is 0 Å². The fourth-order valence-electron chi connectivity index (χ4n) is 4.29. The fraction of sp³-hybridized carbons (Fsp3) is 0.231. The van der Waals surface area contributed by atoms with Crippen molar-refractivity contribution in [3.8, 4) is 11.3 Å². The van der Waals surface area contributed by atoms with E-state index in [1.165, 1.54) is 25.0 Å². The summed E-state index contributed by atoms with van der Waals surface area (Å²) in [5.41, 5.74) is 2.83. The highest BCUT2D eigenvalue weighted by Crippen LogP contribution is 2.34. The number of anilines is 1. The SMILES string of the molecule is O=C1Nc2cc(F)ccc2C1=Cc1ccc(-c2cccc(C(=O)NCCN3CCCC3)c2)o1. The number of fused-ring (bicyclic) bond motifs is 1. The van der Waals surface area contributed by atoms with Gasteiger partial charge in [-0.25, -0.2) is 4.39 Å². The Hall–Kier alpha value is -3.71. The molecule has 3 heterocycles. The molecule has 0 bridgehead atoms. The molecule has 1 fully saturated rings. The summed E-state index contributed by atoms with van der Waals surface area (Å²) in [6.07, 6.45) is 4.10. The van der Waals surface area contributed by atoms with Crippen molar-refractivity contribution < 1.29 is 18.4 Å². The van der Waals surface area contributed by atoms with Gasteiger partial charge in [0.05, 0.1) is 11.3 Å². The topological polar surface area (TPSA) is 74.6 Å². The van der Waals surface area contributed by atoms with E-state index in [-0.39, 0.29) is 11.8 Å². The summed E-state index contributed by atoms with van der Waals surface area (Å²) < 4.78 is 19.4. The third-order valence-corrected chi connectivity index (χ3v) is 6.00. The first-order valence-corrected chi connectivity index (χ1v) is 11.1. The lowest BCUT2D eigenvalue weighted by Gasteiger charge is -2.14. The van der Waals surface area contributed by atoms with Gasteiger partial charge >= 0.3 is 0 Å². The predicted octanol–water partition coefficient (Wildman–Crippen LogP) is 4.40. The molecule has 0 saturated carbocycles. The van der Waals surface area contributed by atoms with Crippen LogP contribution in [0.1, 0.15) is 34.5 Å². The minimum Gasteiger partial charge on any atom is -0.457 e. The number of benzene rings is 2. The monoisotopic (exact) mass is 445 g/mol. The molecule has 0 atom stereocenters. The first-order valence-electron chi connectivity index (χ1n) is 11.1. The standard InChI is InChI=1S/C26H24FN3O3/c27-19-6-8-21-22(26(32)29-23(21)15-19)16-20-7-9-24(33-20)17-4-3-5-18(14-17)25(31)28-10-13-30-11-1-2-12-30/h3-9,14-16H,1-2,10-13H2,(H,28,31)(H,29,32). The summed E-state index contributed by atoms with van der Waals surface area (Å²) >= 11 is 0. The number of nitrogens with one attached hydrogen (secondary N) is 2. The van der Waals surface area contributed by atoms with Gasteiger partial charge in [0.1, 0.15) is 17.3 Å². The van der Waals surface area contributed by atoms with Crippen LogP contribution >= 0.6 is 0 Å². The van der Waals surface area contributed by atoms with E-state index in [9.17, 15) is 14.0 Å². The zero-order valence-electron chi connectivity index (χ0n) is 18.1. The molecule has 1 aromatic heterocycles. The fourth-order valence-corrected chi connectivity index (χ4v) is 4.29. The van der Waals surface area contributed by atoms with Gasteiger partial charge in [-0.1, -0.05) is 12.1 Å². The van der Waals surface area contributed by atoms with Gasteiger partial charge < -0.3 is 20.0 Å². The number of halogens is 1. The summed E-state index contributed by atoms with van der Waals surface area (Å²) in [5.74, 6) is 0.257. The number of nitrogens with zero attached hydrogens (tertiary/aromatic N) is 1. The number of furan rings is 1. The van der Waals surface area contributed by atoms with Gasteiger partial charge in [-0.2, -0.15) is 0 Å². The Morgan fingerprint density at radius 3 is 2.82 bits per heavy atom. The van der Waals surface area contributed by atoms with E-state index < -0.39 is 5.82 Å². The van der Waals surface area contributed by atoms with Crippen LogP contribution in [-0.4, -0.2) is 42.9 Å². The molecule has 7 heteroatoms. The van der Waals surface area contributed by atoms with Gasteiger partial charge in [0.25, 0.3) is 11.8 Å². The van der Waals surface area contributed by atoms with Crippen molar-refractivity contribution in [3.63, 3.8) is 0 Å². The van der Waals surface area contributed by atoms with Gasteiger partial charge in [-0.15, -0.1) is 0 Å². The number of amides is 2. The molecule has 1 saturated heterocycles. The van der Waals surface area contributed by atoms with E-state index in [0.717, 1.165) is 25.2 Å². The highest BCUT2D eigenvalue weighted by Gasteiger charge is 2.25. The second-order valence-electron chi connectivity index (χ2n) is 8.29. The molecule has 2 amide bonds. The van der Waals surface area contributed by atoms with Crippen LogP contribution in [0.2, 0.25) is 0 Å². The van der Waals surface area contributed by atoms with E-state index in [2.05, 4.69) is 15.5 Å². The minimum absolute atomic E-state index is 0.114. The smallest absolute Gasteiger partial charge is 0.256 e. The van der Waals surface area contributed by atoms with E-state index >= 15 is 0 Å². The maximum absolute atomic E-state index is 13.4. The molecule has 168 valence electrons. The van der Waals surface area contributed by atoms with Crippen molar-refractivity contribution in [3.05, 3.63) is 77.3 Å².